The van der Waals surface area contributed by atoms with Gasteiger partial charge in [0.1, 0.15) is 17.7 Å². The summed E-state index contributed by atoms with van der Waals surface area (Å²) in [6.07, 6.45) is 1.04. The Morgan fingerprint density at radius 2 is 1.68 bits per heavy atom. The van der Waals surface area contributed by atoms with Crippen LogP contribution < -0.4 is 5.73 Å². The van der Waals surface area contributed by atoms with Crippen LogP contribution in [-0.2, 0) is 0 Å². The highest BCUT2D eigenvalue weighted by atomic mass is 16.3. The monoisotopic (exact) mass is 498 g/mol. The molecule has 0 heterocycles. The molecule has 0 saturated carbocycles. The van der Waals surface area contributed by atoms with Crippen molar-refractivity contribution >= 4 is 17.7 Å². The molecule has 0 radical (unpaired) electrons. The zero-order valence-corrected chi connectivity index (χ0v) is 19.4. The molecule has 0 bridgehead atoms. The van der Waals surface area contributed by atoms with Crippen LogP contribution in [0.4, 0.5) is 0 Å². The van der Waals surface area contributed by atoms with Crippen LogP contribution in [0.5, 0.6) is 11.5 Å². The van der Waals surface area contributed by atoms with E-state index >= 15 is 0 Å². The molecule has 0 fully saturated rings. The summed E-state index contributed by atoms with van der Waals surface area (Å²) in [6, 6.07) is 6.65. The summed E-state index contributed by atoms with van der Waals surface area (Å²) in [5.74, 6) is 8.13. The molecule has 1 amide bonds. The maximum absolute atomic E-state index is 12.1. The molecule has 15 nitrogen and oxygen atoms in total. The van der Waals surface area contributed by atoms with Gasteiger partial charge in [0.05, 0.1) is 11.1 Å². The van der Waals surface area contributed by atoms with Gasteiger partial charge in [0.2, 0.25) is 0 Å². The Hall–Kier alpha value is -5.96. The predicted octanol–water partition coefficient (Wildman–Crippen LogP) is 5.05. The number of allylic oxidation sites excluding steroid dienone is 1. The maximum Gasteiger partial charge on any atom is 0.253 e. The normalized spacial score (nSPS) is 11.2. The molecule has 37 heavy (non-hydrogen) atoms. The van der Waals surface area contributed by atoms with Crippen LogP contribution in [0.15, 0.2) is 83.0 Å². The number of benzene rings is 2. The molecule has 0 unspecified atom stereocenters. The maximum atomic E-state index is 12.1. The Morgan fingerprint density at radius 1 is 1.03 bits per heavy atom. The van der Waals surface area contributed by atoms with Crippen molar-refractivity contribution in [3.8, 4) is 46.3 Å². The summed E-state index contributed by atoms with van der Waals surface area (Å²) in [5, 5.41) is 51.9. The van der Waals surface area contributed by atoms with Crippen LogP contribution in [0.1, 0.15) is 34.0 Å². The van der Waals surface area contributed by atoms with Gasteiger partial charge in [-0.1, -0.05) is 41.8 Å². The summed E-state index contributed by atoms with van der Waals surface area (Å²) in [5.41, 5.74) is 14.3. The van der Waals surface area contributed by atoms with Crippen molar-refractivity contribution in [3.63, 3.8) is 0 Å². The molecule has 5 N–H and O–H groups in total. The number of nitrogens with zero attached hydrogens (tertiary/aromatic N) is 10. The van der Waals surface area contributed by atoms with Crippen molar-refractivity contribution in [2.24, 2.45) is 57.8 Å². The van der Waals surface area contributed by atoms with Crippen molar-refractivity contribution in [3.05, 3.63) is 53.1 Å². The number of hydrogen-bond donors (Lipinski definition) is 4. The van der Waals surface area contributed by atoms with Gasteiger partial charge < -0.3 is 15.9 Å². The molecule has 15 heteroatoms. The minimum Gasteiger partial charge on any atom is -0.507 e. The van der Waals surface area contributed by atoms with Gasteiger partial charge in [0.25, 0.3) is 5.91 Å². The van der Waals surface area contributed by atoms with Crippen molar-refractivity contribution in [1.29, 1.82) is 5.53 Å². The average molecular weight is 498 g/mol. The van der Waals surface area contributed by atoms with Crippen LogP contribution >= 0.6 is 0 Å². The van der Waals surface area contributed by atoms with Gasteiger partial charge in [0.15, 0.2) is 0 Å². The number of aromatic hydroxyl groups is 2. The number of phenolic OH excluding ortho intramolecular Hbond substituents is 1. The number of rotatable bonds is 8. The Bertz CT molecular complexity index is 1500. The molecule has 2 aromatic carbocycles. The van der Waals surface area contributed by atoms with Crippen molar-refractivity contribution in [2.45, 2.75) is 13.8 Å². The third kappa shape index (κ3) is 7.80. The third-order valence-electron chi connectivity index (χ3n) is 4.26. The molecular weight excluding hydrogens is 480 g/mol. The quantitative estimate of drug-likeness (QED) is 0.169. The van der Waals surface area contributed by atoms with Gasteiger partial charge in [0, 0.05) is 5.56 Å². The van der Waals surface area contributed by atoms with E-state index in [2.05, 4.69) is 82.4 Å². The Morgan fingerprint density at radius 3 is 2.30 bits per heavy atom. The smallest absolute Gasteiger partial charge is 0.253 e. The summed E-state index contributed by atoms with van der Waals surface area (Å²) in [4.78, 5) is 12.1. The molecule has 0 atom stereocenters. The van der Waals surface area contributed by atoms with E-state index in [1.54, 1.807) is 19.1 Å². The molecule has 0 aromatic heterocycles. The first kappa shape index (κ1) is 27.3. The first-order chi connectivity index (χ1) is 17.8. The second-order valence-electron chi connectivity index (χ2n) is 6.81. The van der Waals surface area contributed by atoms with Crippen molar-refractivity contribution < 1.29 is 15.0 Å². The third-order valence-corrected chi connectivity index (χ3v) is 4.26. The topological polar surface area (TPSA) is 231 Å². The number of nitrogens with one attached hydrogen (secondary N) is 1. The fourth-order valence-electron chi connectivity index (χ4n) is 2.88. The van der Waals surface area contributed by atoms with E-state index in [0.29, 0.717) is 16.7 Å². The number of aryl methyl sites for hydroxylation is 1. The van der Waals surface area contributed by atoms with Crippen molar-refractivity contribution in [2.75, 3.05) is 0 Å². The highest BCUT2D eigenvalue weighted by Gasteiger charge is 2.23. The number of nitrogens with two attached hydrogens (primary N) is 1. The lowest BCUT2D eigenvalue weighted by atomic mass is 9.90. The minimum atomic E-state index is -0.939. The Kier molecular flexibility index (Phi) is 10.1. The summed E-state index contributed by atoms with van der Waals surface area (Å²) < 4.78 is 0. The van der Waals surface area contributed by atoms with Gasteiger partial charge >= 0.3 is 0 Å². The lowest BCUT2D eigenvalue weighted by Crippen LogP contribution is -2.13. The fourth-order valence-corrected chi connectivity index (χ4v) is 2.88. The highest BCUT2D eigenvalue weighted by molar-refractivity contribution is 6.02. The molecule has 0 aliphatic rings. The summed E-state index contributed by atoms with van der Waals surface area (Å²) >= 11 is 0. The van der Waals surface area contributed by atoms with Gasteiger partial charge in [-0.15, -0.1) is 5.10 Å². The zero-order valence-electron chi connectivity index (χ0n) is 19.4. The number of carbonyl (C=O) groups is 1. The summed E-state index contributed by atoms with van der Waals surface area (Å²) in [6.45, 7) is 7.56. The second-order valence-corrected chi connectivity index (χ2v) is 6.81. The largest absolute Gasteiger partial charge is 0.507 e. The highest BCUT2D eigenvalue weighted by Crippen LogP contribution is 2.44. The number of phenols is 2. The molecule has 0 aliphatic heterocycles. The predicted molar refractivity (Wildman–Crippen MR) is 131 cm³/mol. The van der Waals surface area contributed by atoms with Gasteiger partial charge in [-0.05, 0) is 95.8 Å². The first-order valence-electron chi connectivity index (χ1n) is 9.93. The Balaban J connectivity index is 2.29. The molecule has 0 spiro atoms. The SMILES string of the molecule is C=C(C)c1ccc(C)cc1-c1c(O)cc(C#CC#C/C=N/N=N/N=N/N=N/N=N/N=N)c(C(N)=O)c1O. The van der Waals surface area contributed by atoms with Crippen LogP contribution in [-0.4, -0.2) is 22.3 Å². The van der Waals surface area contributed by atoms with E-state index in [0.717, 1.165) is 11.8 Å². The Labute approximate surface area is 209 Å². The van der Waals surface area contributed by atoms with Crippen molar-refractivity contribution in [1.82, 2.24) is 0 Å². The van der Waals surface area contributed by atoms with E-state index in [1.165, 1.54) is 6.07 Å². The number of primary amides is 1. The van der Waals surface area contributed by atoms with Crippen LogP contribution in [0.3, 0.4) is 0 Å². The standard InChI is InChI=1S/C22H18N12O3/c1-13(2)16-9-8-14(3)11-17(16)20-18(35)12-15(19(21(20)36)22(23)37)7-5-4-6-10-25-27-29-31-33-34-32-30-28-26-24/h8-12,24,35-36H,1H2,2-3H3,(H2,23,37)/b25-10+,26-24?,29-27+,30-28+,33-31+,34-32+. The molecule has 0 aliphatic carbocycles. The van der Waals surface area contributed by atoms with Crippen LogP contribution in [0.25, 0.3) is 16.7 Å². The lowest BCUT2D eigenvalue weighted by molar-refractivity contribution is 0.0997. The average Bonchev–Trinajstić information content (AvgIpc) is 2.83. The van der Waals surface area contributed by atoms with E-state index in [-0.39, 0.29) is 22.4 Å². The fraction of sp³-hybridized carbons (Fsp3) is 0.0909. The molecule has 0 saturated heterocycles. The lowest BCUT2D eigenvalue weighted by Gasteiger charge is -2.16. The number of carbonyl (C=O) groups excluding carboxylic acids is 1. The summed E-state index contributed by atoms with van der Waals surface area (Å²) in [7, 11) is 0. The van der Waals surface area contributed by atoms with Gasteiger partial charge in [-0.3, -0.25) is 4.79 Å². The molecular formula is C22H18N12O3. The number of hydrogen-bond acceptors (Lipinski definition) is 5. The van der Waals surface area contributed by atoms with E-state index in [1.807, 2.05) is 13.0 Å². The van der Waals surface area contributed by atoms with E-state index in [4.69, 9.17) is 11.3 Å². The zero-order chi connectivity index (χ0) is 27.2. The molecule has 2 aromatic rings. The number of amides is 1. The van der Waals surface area contributed by atoms with E-state index in [9.17, 15) is 15.0 Å². The minimum absolute atomic E-state index is 0.0211. The molecule has 184 valence electrons. The molecule has 2 rings (SSSR count). The van der Waals surface area contributed by atoms with Gasteiger partial charge in [-0.2, -0.15) is 5.53 Å². The van der Waals surface area contributed by atoms with E-state index < -0.39 is 11.7 Å². The van der Waals surface area contributed by atoms with Gasteiger partial charge in [-0.25, -0.2) is 0 Å². The first-order valence-corrected chi connectivity index (χ1v) is 9.93. The van der Waals surface area contributed by atoms with Crippen LogP contribution in [0, 0.1) is 36.1 Å². The van der Waals surface area contributed by atoms with Crippen LogP contribution in [0.2, 0.25) is 0 Å². The second kappa shape index (κ2) is 13.7.